The van der Waals surface area contributed by atoms with E-state index in [1.54, 1.807) is 0 Å². The van der Waals surface area contributed by atoms with Crippen LogP contribution in [0.1, 0.15) is 61.2 Å². The van der Waals surface area contributed by atoms with E-state index in [0.29, 0.717) is 0 Å². The van der Waals surface area contributed by atoms with Gasteiger partial charge in [0.25, 0.3) is 0 Å². The summed E-state index contributed by atoms with van der Waals surface area (Å²) < 4.78 is 40.5. The molecule has 0 saturated carbocycles. The quantitative estimate of drug-likeness (QED) is 0.554. The molecule has 28 heavy (non-hydrogen) atoms. The summed E-state index contributed by atoms with van der Waals surface area (Å²) >= 11 is 0. The zero-order valence-electron chi connectivity index (χ0n) is 15.4. The number of nitrogens with one attached hydrogen (secondary N) is 3. The van der Waals surface area contributed by atoms with Crippen molar-refractivity contribution in [3.63, 3.8) is 0 Å². The Balaban J connectivity index is 1.74. The smallest absolute Gasteiger partial charge is 0.374 e. The molecule has 3 heterocycles. The monoisotopic (exact) mass is 387 g/mol. The molecule has 2 aromatic heterocycles. The van der Waals surface area contributed by atoms with Crippen molar-refractivity contribution in [2.24, 2.45) is 0 Å². The minimum absolute atomic E-state index is 0.163. The van der Waals surface area contributed by atoms with Crippen LogP contribution in [0.2, 0.25) is 0 Å². The van der Waals surface area contributed by atoms with Crippen LogP contribution in [0.5, 0.6) is 0 Å². The Kier molecular flexibility index (Phi) is 3.79. The Morgan fingerprint density at radius 2 is 1.96 bits per heavy atom. The molecule has 0 fully saturated rings. The number of halogens is 3. The number of nitrogens with zero attached hydrogens (tertiary/aromatic N) is 2. The normalized spacial score (nSPS) is 19.5. The van der Waals surface area contributed by atoms with E-state index >= 15 is 0 Å². The first-order chi connectivity index (χ1) is 13.5. The zero-order chi connectivity index (χ0) is 19.5. The van der Waals surface area contributed by atoms with Crippen molar-refractivity contribution in [2.45, 2.75) is 51.2 Å². The Hall–Kier alpha value is -2.77. The van der Waals surface area contributed by atoms with Crippen molar-refractivity contribution < 1.29 is 13.2 Å². The molecule has 1 aliphatic heterocycles. The number of fused-ring (bicyclic) bond motifs is 4. The van der Waals surface area contributed by atoms with Gasteiger partial charge in [-0.25, -0.2) is 0 Å². The number of allylic oxidation sites excluding steroid dienone is 1. The van der Waals surface area contributed by atoms with Gasteiger partial charge in [0.05, 0.1) is 17.8 Å². The van der Waals surface area contributed by atoms with E-state index in [9.17, 15) is 13.2 Å². The van der Waals surface area contributed by atoms with Gasteiger partial charge in [-0.15, -0.1) is 0 Å². The standard InChI is InChI=1S/C20H20F3N5/c1-2-13-17-15(27-26-13)8-7-14-16(17)10-5-3-4-6-11(10)18(25-14)12-9-24-28-19(12)20(21,22)23/h7-9,18,25H,2-6H2,1H3,(H,24,28)(H,26,27). The van der Waals surface area contributed by atoms with Crippen LogP contribution in [0, 0.1) is 0 Å². The first-order valence-corrected chi connectivity index (χ1v) is 9.58. The van der Waals surface area contributed by atoms with E-state index in [2.05, 4.69) is 32.6 Å². The maximum Gasteiger partial charge on any atom is 0.433 e. The molecule has 146 valence electrons. The molecule has 0 bridgehead atoms. The summed E-state index contributed by atoms with van der Waals surface area (Å²) in [6.45, 7) is 2.07. The third kappa shape index (κ3) is 2.47. The number of hydrogen-bond donors (Lipinski definition) is 3. The number of hydrogen-bond acceptors (Lipinski definition) is 3. The fourth-order valence-corrected chi connectivity index (χ4v) is 4.65. The third-order valence-electron chi connectivity index (χ3n) is 5.87. The molecule has 5 rings (SSSR count). The number of rotatable bonds is 2. The molecule has 3 aromatic rings. The van der Waals surface area contributed by atoms with Crippen LogP contribution in [0.3, 0.4) is 0 Å². The van der Waals surface area contributed by atoms with Gasteiger partial charge in [-0.1, -0.05) is 6.92 Å². The first-order valence-electron chi connectivity index (χ1n) is 9.58. The number of benzene rings is 1. The lowest BCUT2D eigenvalue weighted by Crippen LogP contribution is -2.24. The first kappa shape index (κ1) is 17.3. The van der Waals surface area contributed by atoms with Gasteiger partial charge in [0, 0.05) is 27.9 Å². The SMILES string of the molecule is CCc1[nH]nc2ccc3c(c12)C1=C(CCCC1)C(c1cn[nH]c1C(F)(F)F)N3. The summed E-state index contributed by atoms with van der Waals surface area (Å²) in [5.41, 5.74) is 5.52. The number of aromatic amines is 2. The van der Waals surface area contributed by atoms with Gasteiger partial charge in [-0.05, 0) is 55.4 Å². The average Bonchev–Trinajstić information content (AvgIpc) is 3.33. The molecule has 0 radical (unpaired) electrons. The number of aromatic nitrogens is 4. The fourth-order valence-electron chi connectivity index (χ4n) is 4.65. The number of anilines is 1. The highest BCUT2D eigenvalue weighted by atomic mass is 19.4. The van der Waals surface area contributed by atoms with Crippen LogP contribution in [0.25, 0.3) is 16.5 Å². The second-order valence-electron chi connectivity index (χ2n) is 7.42. The average molecular weight is 387 g/mol. The van der Waals surface area contributed by atoms with E-state index in [1.165, 1.54) is 11.8 Å². The highest BCUT2D eigenvalue weighted by Crippen LogP contribution is 2.50. The van der Waals surface area contributed by atoms with E-state index in [0.717, 1.165) is 65.5 Å². The Bertz CT molecular complexity index is 1090. The summed E-state index contributed by atoms with van der Waals surface area (Å²) in [4.78, 5) is 0. The van der Waals surface area contributed by atoms with Crippen molar-refractivity contribution >= 4 is 22.2 Å². The topological polar surface area (TPSA) is 69.4 Å². The van der Waals surface area contributed by atoms with Crippen molar-refractivity contribution in [3.8, 4) is 0 Å². The summed E-state index contributed by atoms with van der Waals surface area (Å²) in [7, 11) is 0. The molecule has 1 aliphatic carbocycles. The van der Waals surface area contributed by atoms with E-state index in [4.69, 9.17) is 0 Å². The molecule has 0 saturated heterocycles. The van der Waals surface area contributed by atoms with E-state index in [-0.39, 0.29) is 5.56 Å². The van der Waals surface area contributed by atoms with E-state index in [1.807, 2.05) is 12.1 Å². The zero-order valence-corrected chi connectivity index (χ0v) is 15.4. The second kappa shape index (κ2) is 6.12. The summed E-state index contributed by atoms with van der Waals surface area (Å²) in [5.74, 6) is 0. The number of alkyl halides is 3. The van der Waals surface area contributed by atoms with Crippen LogP contribution in [-0.4, -0.2) is 20.4 Å². The molecule has 1 unspecified atom stereocenters. The Morgan fingerprint density at radius 3 is 2.75 bits per heavy atom. The molecule has 1 aromatic carbocycles. The Morgan fingerprint density at radius 1 is 1.14 bits per heavy atom. The summed E-state index contributed by atoms with van der Waals surface area (Å²) in [6, 6.07) is 3.33. The summed E-state index contributed by atoms with van der Waals surface area (Å²) in [6.07, 6.45) is 1.33. The van der Waals surface area contributed by atoms with Crippen LogP contribution < -0.4 is 5.32 Å². The van der Waals surface area contributed by atoms with Gasteiger partial charge in [-0.2, -0.15) is 23.4 Å². The van der Waals surface area contributed by atoms with Gasteiger partial charge < -0.3 is 5.32 Å². The van der Waals surface area contributed by atoms with Crippen LogP contribution in [0.4, 0.5) is 18.9 Å². The van der Waals surface area contributed by atoms with Crippen molar-refractivity contribution in [2.75, 3.05) is 5.32 Å². The number of H-pyrrole nitrogens is 2. The lowest BCUT2D eigenvalue weighted by Gasteiger charge is -2.35. The van der Waals surface area contributed by atoms with Gasteiger partial charge in [0.1, 0.15) is 5.69 Å². The molecule has 2 aliphatic rings. The largest absolute Gasteiger partial charge is 0.433 e. The maximum atomic E-state index is 13.5. The van der Waals surface area contributed by atoms with Gasteiger partial charge in [0.15, 0.2) is 0 Å². The van der Waals surface area contributed by atoms with Gasteiger partial charge in [0.2, 0.25) is 0 Å². The van der Waals surface area contributed by atoms with Crippen molar-refractivity contribution in [1.29, 1.82) is 0 Å². The lowest BCUT2D eigenvalue weighted by atomic mass is 9.77. The molecule has 1 atom stereocenters. The molecular weight excluding hydrogens is 367 g/mol. The highest BCUT2D eigenvalue weighted by molar-refractivity contribution is 6.01. The molecule has 8 heteroatoms. The third-order valence-corrected chi connectivity index (χ3v) is 5.87. The van der Waals surface area contributed by atoms with Crippen LogP contribution in [-0.2, 0) is 12.6 Å². The van der Waals surface area contributed by atoms with Crippen LogP contribution in [0.15, 0.2) is 23.9 Å². The lowest BCUT2D eigenvalue weighted by molar-refractivity contribution is -0.141. The van der Waals surface area contributed by atoms with Gasteiger partial charge >= 0.3 is 6.18 Å². The predicted molar refractivity (Wildman–Crippen MR) is 101 cm³/mol. The molecule has 0 amide bonds. The maximum absolute atomic E-state index is 13.5. The summed E-state index contributed by atoms with van der Waals surface area (Å²) in [5, 5.41) is 17.9. The fraction of sp³-hybridized carbons (Fsp3) is 0.400. The van der Waals surface area contributed by atoms with Gasteiger partial charge in [-0.3, -0.25) is 10.2 Å². The van der Waals surface area contributed by atoms with Crippen LogP contribution >= 0.6 is 0 Å². The van der Waals surface area contributed by atoms with Crippen molar-refractivity contribution in [1.82, 2.24) is 20.4 Å². The second-order valence-corrected chi connectivity index (χ2v) is 7.42. The molecular formula is C20H20F3N5. The Labute approximate surface area is 159 Å². The molecule has 3 N–H and O–H groups in total. The minimum atomic E-state index is -4.47. The minimum Gasteiger partial charge on any atom is -0.374 e. The van der Waals surface area contributed by atoms with Crippen molar-refractivity contribution in [3.05, 3.63) is 46.4 Å². The highest BCUT2D eigenvalue weighted by Gasteiger charge is 2.40. The molecule has 5 nitrogen and oxygen atoms in total. The number of aryl methyl sites for hydroxylation is 1. The predicted octanol–water partition coefficient (Wildman–Crippen LogP) is 5.36. The molecule has 0 spiro atoms. The van der Waals surface area contributed by atoms with E-state index < -0.39 is 17.9 Å².